The molecule has 0 saturated carbocycles. The molecule has 25 heavy (non-hydrogen) atoms. The first-order chi connectivity index (χ1) is 12.0. The maximum atomic E-state index is 12.2. The molecule has 0 fully saturated rings. The number of aryl methyl sites for hydroxylation is 1. The molecule has 0 atom stereocenters. The molecular formula is C16H14Cl3N5O. The number of anilines is 1. The second-order valence-electron chi connectivity index (χ2n) is 5.23. The predicted molar refractivity (Wildman–Crippen MR) is 98.7 cm³/mol. The van der Waals surface area contributed by atoms with Crippen LogP contribution < -0.4 is 5.32 Å². The van der Waals surface area contributed by atoms with Crippen LogP contribution in [0.3, 0.4) is 0 Å². The highest BCUT2D eigenvalue weighted by Crippen LogP contribution is 2.27. The Morgan fingerprint density at radius 3 is 2.44 bits per heavy atom. The minimum atomic E-state index is -0.380. The molecule has 0 bridgehead atoms. The minimum Gasteiger partial charge on any atom is -0.302 e. The lowest BCUT2D eigenvalue weighted by molar-refractivity contribution is 0.102. The maximum Gasteiger partial charge on any atom is 0.277 e. The largest absolute Gasteiger partial charge is 0.302 e. The lowest BCUT2D eigenvalue weighted by Gasteiger charge is -2.06. The number of nitrogens with one attached hydrogen (secondary N) is 1. The Labute approximate surface area is 159 Å². The van der Waals surface area contributed by atoms with E-state index in [1.807, 2.05) is 6.92 Å². The fourth-order valence-electron chi connectivity index (χ4n) is 2.24. The third-order valence-corrected chi connectivity index (χ3v) is 4.51. The summed E-state index contributed by atoms with van der Waals surface area (Å²) >= 11 is 18.5. The van der Waals surface area contributed by atoms with Gasteiger partial charge in [-0.2, -0.15) is 10.2 Å². The van der Waals surface area contributed by atoms with E-state index in [1.54, 1.807) is 46.0 Å². The standard InChI is InChI=1S/C16H14Cl3N5O/c1-2-23-7-6-14(21-23)16(25)20-15-13(19)9-24(22-15)8-10-11(17)4-3-5-12(10)18/h3-7,9H,2,8H2,1H3,(H,20,22,25). The van der Waals surface area contributed by atoms with Crippen LogP contribution in [0.25, 0.3) is 0 Å². The molecule has 0 spiro atoms. The molecule has 6 nitrogen and oxygen atoms in total. The van der Waals surface area contributed by atoms with Crippen LogP contribution in [-0.2, 0) is 13.1 Å². The molecule has 0 unspecified atom stereocenters. The second kappa shape index (κ2) is 7.47. The molecule has 0 aliphatic carbocycles. The molecule has 9 heteroatoms. The van der Waals surface area contributed by atoms with E-state index in [0.29, 0.717) is 33.9 Å². The minimum absolute atomic E-state index is 0.251. The van der Waals surface area contributed by atoms with Crippen LogP contribution in [0.5, 0.6) is 0 Å². The molecule has 1 amide bonds. The molecular weight excluding hydrogens is 385 g/mol. The highest BCUT2D eigenvalue weighted by molar-refractivity contribution is 6.36. The molecule has 2 aromatic heterocycles. The number of halogens is 3. The van der Waals surface area contributed by atoms with Crippen LogP contribution in [0.1, 0.15) is 23.0 Å². The van der Waals surface area contributed by atoms with Gasteiger partial charge in [0.05, 0.1) is 6.54 Å². The van der Waals surface area contributed by atoms with Crippen molar-refractivity contribution in [2.75, 3.05) is 5.32 Å². The van der Waals surface area contributed by atoms with Gasteiger partial charge in [-0.1, -0.05) is 40.9 Å². The van der Waals surface area contributed by atoms with E-state index in [4.69, 9.17) is 34.8 Å². The summed E-state index contributed by atoms with van der Waals surface area (Å²) in [4.78, 5) is 12.2. The number of aromatic nitrogens is 4. The van der Waals surface area contributed by atoms with Crippen molar-refractivity contribution in [3.8, 4) is 0 Å². The molecule has 3 aromatic rings. The second-order valence-corrected chi connectivity index (χ2v) is 6.46. The van der Waals surface area contributed by atoms with E-state index in [-0.39, 0.29) is 11.7 Å². The van der Waals surface area contributed by atoms with E-state index in [2.05, 4.69) is 15.5 Å². The highest BCUT2D eigenvalue weighted by atomic mass is 35.5. The average molecular weight is 399 g/mol. The van der Waals surface area contributed by atoms with E-state index < -0.39 is 0 Å². The predicted octanol–water partition coefficient (Wildman–Crippen LogP) is 4.36. The van der Waals surface area contributed by atoms with Crippen molar-refractivity contribution in [3.05, 3.63) is 63.0 Å². The molecule has 3 rings (SSSR count). The van der Waals surface area contributed by atoms with Gasteiger partial charge in [-0.05, 0) is 25.1 Å². The van der Waals surface area contributed by atoms with Crippen LogP contribution in [0.4, 0.5) is 5.82 Å². The summed E-state index contributed by atoms with van der Waals surface area (Å²) in [6, 6.07) is 6.90. The van der Waals surface area contributed by atoms with Crippen molar-refractivity contribution in [3.63, 3.8) is 0 Å². The van der Waals surface area contributed by atoms with Crippen molar-refractivity contribution in [1.82, 2.24) is 19.6 Å². The molecule has 0 radical (unpaired) electrons. The van der Waals surface area contributed by atoms with Gasteiger partial charge in [0.25, 0.3) is 5.91 Å². The number of nitrogens with zero attached hydrogens (tertiary/aromatic N) is 4. The number of carbonyl (C=O) groups is 1. The normalized spacial score (nSPS) is 10.9. The van der Waals surface area contributed by atoms with Crippen LogP contribution >= 0.6 is 34.8 Å². The van der Waals surface area contributed by atoms with Gasteiger partial charge in [0.15, 0.2) is 11.5 Å². The summed E-state index contributed by atoms with van der Waals surface area (Å²) in [6.45, 7) is 2.95. The Bertz CT molecular complexity index is 898. The van der Waals surface area contributed by atoms with Crippen molar-refractivity contribution in [2.24, 2.45) is 0 Å². The van der Waals surface area contributed by atoms with Crippen molar-refractivity contribution < 1.29 is 4.79 Å². The lowest BCUT2D eigenvalue weighted by Crippen LogP contribution is -2.14. The molecule has 0 aliphatic heterocycles. The van der Waals surface area contributed by atoms with E-state index in [0.717, 1.165) is 5.56 Å². The summed E-state index contributed by atoms with van der Waals surface area (Å²) in [6.07, 6.45) is 3.33. The summed E-state index contributed by atoms with van der Waals surface area (Å²) in [7, 11) is 0. The highest BCUT2D eigenvalue weighted by Gasteiger charge is 2.15. The summed E-state index contributed by atoms with van der Waals surface area (Å²) in [5, 5.41) is 12.5. The molecule has 1 aromatic carbocycles. The Kier molecular flexibility index (Phi) is 5.32. The monoisotopic (exact) mass is 397 g/mol. The van der Waals surface area contributed by atoms with Crippen LogP contribution in [0.15, 0.2) is 36.7 Å². The van der Waals surface area contributed by atoms with Gasteiger partial charge in [0.2, 0.25) is 0 Å². The number of hydrogen-bond acceptors (Lipinski definition) is 3. The summed E-state index contributed by atoms with van der Waals surface area (Å²) < 4.78 is 3.23. The average Bonchev–Trinajstić information content (AvgIpc) is 3.18. The molecule has 1 N–H and O–H groups in total. The number of hydrogen-bond donors (Lipinski definition) is 1. The Morgan fingerprint density at radius 1 is 1.08 bits per heavy atom. The zero-order chi connectivity index (χ0) is 18.0. The number of carbonyl (C=O) groups excluding carboxylic acids is 1. The zero-order valence-electron chi connectivity index (χ0n) is 13.2. The Balaban J connectivity index is 1.77. The van der Waals surface area contributed by atoms with Crippen molar-refractivity contribution in [1.29, 1.82) is 0 Å². The van der Waals surface area contributed by atoms with Gasteiger partial charge in [0, 0.05) is 34.5 Å². The van der Waals surface area contributed by atoms with E-state index in [1.165, 1.54) is 0 Å². The van der Waals surface area contributed by atoms with Crippen LogP contribution in [0, 0.1) is 0 Å². The maximum absolute atomic E-state index is 12.2. The SMILES string of the molecule is CCn1ccc(C(=O)Nc2nn(Cc3c(Cl)cccc3Cl)cc2Cl)n1. The molecule has 130 valence electrons. The van der Waals surface area contributed by atoms with Gasteiger partial charge in [-0.25, -0.2) is 0 Å². The lowest BCUT2D eigenvalue weighted by atomic mass is 10.2. The Hall–Kier alpha value is -2.02. The third kappa shape index (κ3) is 3.98. The molecule has 0 saturated heterocycles. The van der Waals surface area contributed by atoms with Gasteiger partial charge >= 0.3 is 0 Å². The van der Waals surface area contributed by atoms with E-state index in [9.17, 15) is 4.79 Å². The van der Waals surface area contributed by atoms with Crippen molar-refractivity contribution >= 4 is 46.5 Å². The summed E-state index contributed by atoms with van der Waals surface area (Å²) in [5.41, 5.74) is 1.02. The third-order valence-electron chi connectivity index (χ3n) is 3.53. The smallest absolute Gasteiger partial charge is 0.277 e. The molecule has 2 heterocycles. The number of rotatable bonds is 5. The first kappa shape index (κ1) is 17.8. The molecule has 0 aliphatic rings. The number of amides is 1. The van der Waals surface area contributed by atoms with Crippen LogP contribution in [0.2, 0.25) is 15.1 Å². The topological polar surface area (TPSA) is 64.7 Å². The van der Waals surface area contributed by atoms with Gasteiger partial charge in [0.1, 0.15) is 5.02 Å². The van der Waals surface area contributed by atoms with Crippen molar-refractivity contribution in [2.45, 2.75) is 20.0 Å². The van der Waals surface area contributed by atoms with Crippen LogP contribution in [-0.4, -0.2) is 25.5 Å². The van der Waals surface area contributed by atoms with Gasteiger partial charge in [-0.15, -0.1) is 0 Å². The summed E-state index contributed by atoms with van der Waals surface area (Å²) in [5.74, 6) is -0.129. The van der Waals surface area contributed by atoms with Gasteiger partial charge in [-0.3, -0.25) is 14.2 Å². The quantitative estimate of drug-likeness (QED) is 0.694. The van der Waals surface area contributed by atoms with Gasteiger partial charge < -0.3 is 5.32 Å². The zero-order valence-corrected chi connectivity index (χ0v) is 15.5. The Morgan fingerprint density at radius 2 is 1.80 bits per heavy atom. The fourth-order valence-corrected chi connectivity index (χ4v) is 2.95. The number of benzene rings is 1. The first-order valence-electron chi connectivity index (χ1n) is 7.48. The van der Waals surface area contributed by atoms with E-state index >= 15 is 0 Å². The fraction of sp³-hybridized carbons (Fsp3) is 0.188. The first-order valence-corrected chi connectivity index (χ1v) is 8.62.